The van der Waals surface area contributed by atoms with Crippen molar-refractivity contribution < 1.29 is 13.2 Å². The summed E-state index contributed by atoms with van der Waals surface area (Å²) in [7, 11) is -3.14. The molecule has 15 heavy (non-hydrogen) atoms. The van der Waals surface area contributed by atoms with Crippen molar-refractivity contribution >= 4 is 10.0 Å². The predicted octanol–water partition coefficient (Wildman–Crippen LogP) is -0.354. The van der Waals surface area contributed by atoms with Gasteiger partial charge >= 0.3 is 0 Å². The third-order valence-electron chi connectivity index (χ3n) is 2.53. The lowest BCUT2D eigenvalue weighted by Gasteiger charge is -2.36. The highest BCUT2D eigenvalue weighted by Gasteiger charge is 2.31. The van der Waals surface area contributed by atoms with Gasteiger partial charge in [-0.25, -0.2) is 8.42 Å². The van der Waals surface area contributed by atoms with Crippen molar-refractivity contribution in [3.8, 4) is 0 Å². The molecule has 6 heteroatoms. The van der Waals surface area contributed by atoms with Gasteiger partial charge in [-0.15, -0.1) is 0 Å². The molecule has 1 aliphatic heterocycles. The fourth-order valence-corrected chi connectivity index (χ4v) is 3.14. The van der Waals surface area contributed by atoms with Gasteiger partial charge in [-0.05, 0) is 6.92 Å². The topological polar surface area (TPSA) is 58.6 Å². The van der Waals surface area contributed by atoms with E-state index < -0.39 is 10.0 Å². The quantitative estimate of drug-likeness (QED) is 0.614. The molecule has 0 spiro atoms. The average molecular weight is 236 g/mol. The van der Waals surface area contributed by atoms with E-state index in [2.05, 4.69) is 5.32 Å². The van der Waals surface area contributed by atoms with Crippen molar-refractivity contribution in [2.24, 2.45) is 0 Å². The van der Waals surface area contributed by atoms with Gasteiger partial charge in [0.25, 0.3) is 0 Å². The third kappa shape index (κ3) is 3.41. The van der Waals surface area contributed by atoms with Gasteiger partial charge in [-0.1, -0.05) is 6.92 Å². The van der Waals surface area contributed by atoms with Crippen LogP contribution in [0.3, 0.4) is 0 Å². The molecule has 0 unspecified atom stereocenters. The second-order valence-corrected chi connectivity index (χ2v) is 5.57. The predicted molar refractivity (Wildman–Crippen MR) is 59.3 cm³/mol. The highest BCUT2D eigenvalue weighted by Crippen LogP contribution is 2.11. The SMILES string of the molecule is CCOCCS(=O)(=O)N(CC)C1CNC1. The molecule has 0 amide bonds. The van der Waals surface area contributed by atoms with Gasteiger partial charge in [0.2, 0.25) is 10.0 Å². The molecule has 0 saturated carbocycles. The van der Waals surface area contributed by atoms with Crippen LogP contribution in [0.2, 0.25) is 0 Å². The summed E-state index contributed by atoms with van der Waals surface area (Å²) in [6.07, 6.45) is 0. The Bertz CT molecular complexity index is 275. The second kappa shape index (κ2) is 5.79. The molecule has 0 aromatic heterocycles. The van der Waals surface area contributed by atoms with Crippen molar-refractivity contribution in [1.29, 1.82) is 0 Å². The van der Waals surface area contributed by atoms with Crippen LogP contribution in [0.4, 0.5) is 0 Å². The molecule has 0 radical (unpaired) electrons. The lowest BCUT2D eigenvalue weighted by atomic mass is 10.2. The maximum absolute atomic E-state index is 11.9. The summed E-state index contributed by atoms with van der Waals surface area (Å²) in [5, 5.41) is 3.08. The first-order chi connectivity index (χ1) is 7.11. The summed E-state index contributed by atoms with van der Waals surface area (Å²) in [5.74, 6) is 0.0885. The Morgan fingerprint density at radius 1 is 1.40 bits per heavy atom. The van der Waals surface area contributed by atoms with E-state index in [4.69, 9.17) is 4.74 Å². The number of hydrogen-bond acceptors (Lipinski definition) is 4. The van der Waals surface area contributed by atoms with Gasteiger partial charge in [0, 0.05) is 32.3 Å². The molecule has 1 saturated heterocycles. The average Bonchev–Trinajstić information content (AvgIpc) is 2.10. The summed E-state index contributed by atoms with van der Waals surface area (Å²) in [5.41, 5.74) is 0. The molecule has 5 nitrogen and oxygen atoms in total. The fraction of sp³-hybridized carbons (Fsp3) is 1.00. The summed E-state index contributed by atoms with van der Waals surface area (Å²) in [6.45, 7) is 6.66. The molecule has 0 aliphatic carbocycles. The van der Waals surface area contributed by atoms with Gasteiger partial charge in [0.1, 0.15) is 0 Å². The summed E-state index contributed by atoms with van der Waals surface area (Å²) < 4.78 is 30.4. The zero-order valence-corrected chi connectivity index (χ0v) is 10.2. The van der Waals surface area contributed by atoms with Crippen molar-refractivity contribution in [3.05, 3.63) is 0 Å². The summed E-state index contributed by atoms with van der Waals surface area (Å²) in [6, 6.07) is 0.140. The first kappa shape index (κ1) is 12.9. The number of hydrogen-bond donors (Lipinski definition) is 1. The van der Waals surface area contributed by atoms with Crippen LogP contribution in [-0.2, 0) is 14.8 Å². The van der Waals surface area contributed by atoms with Gasteiger partial charge in [-0.2, -0.15) is 4.31 Å². The standard InChI is InChI=1S/C9H20N2O3S/c1-3-11(9-7-10-8-9)15(12,13)6-5-14-4-2/h9-10H,3-8H2,1-2H3. The van der Waals surface area contributed by atoms with Crippen LogP contribution in [-0.4, -0.2) is 57.4 Å². The molecule has 1 rings (SSSR count). The van der Waals surface area contributed by atoms with E-state index >= 15 is 0 Å². The molecule has 1 fully saturated rings. The van der Waals surface area contributed by atoms with E-state index in [1.807, 2.05) is 13.8 Å². The molecule has 0 atom stereocenters. The Morgan fingerprint density at radius 3 is 2.47 bits per heavy atom. The van der Waals surface area contributed by atoms with E-state index in [0.717, 1.165) is 13.1 Å². The monoisotopic (exact) mass is 236 g/mol. The van der Waals surface area contributed by atoms with Crippen LogP contribution < -0.4 is 5.32 Å². The Morgan fingerprint density at radius 2 is 2.07 bits per heavy atom. The zero-order valence-electron chi connectivity index (χ0n) is 9.40. The first-order valence-corrected chi connectivity index (χ1v) is 7.00. The largest absolute Gasteiger partial charge is 0.381 e. The van der Waals surface area contributed by atoms with Crippen LogP contribution >= 0.6 is 0 Å². The van der Waals surface area contributed by atoms with E-state index in [0.29, 0.717) is 13.2 Å². The van der Waals surface area contributed by atoms with E-state index in [1.54, 1.807) is 4.31 Å². The number of rotatable bonds is 7. The van der Waals surface area contributed by atoms with E-state index in [-0.39, 0.29) is 18.4 Å². The Hall–Kier alpha value is -0.170. The molecule has 1 aliphatic rings. The summed E-state index contributed by atoms with van der Waals surface area (Å²) in [4.78, 5) is 0. The minimum absolute atomic E-state index is 0.0885. The van der Waals surface area contributed by atoms with Gasteiger partial charge in [0.15, 0.2) is 0 Å². The molecule has 0 aromatic rings. The first-order valence-electron chi connectivity index (χ1n) is 5.39. The lowest BCUT2D eigenvalue weighted by Crippen LogP contribution is -2.59. The van der Waals surface area contributed by atoms with Crippen LogP contribution in [0.15, 0.2) is 0 Å². The van der Waals surface area contributed by atoms with Crippen LogP contribution in [0, 0.1) is 0 Å². The number of likely N-dealkylation sites (N-methyl/N-ethyl adjacent to an activating group) is 1. The maximum Gasteiger partial charge on any atom is 0.216 e. The second-order valence-electron chi connectivity index (χ2n) is 3.53. The maximum atomic E-state index is 11.9. The minimum atomic E-state index is -3.14. The Balaban J connectivity index is 2.48. The van der Waals surface area contributed by atoms with Crippen LogP contribution in [0.5, 0.6) is 0 Å². The van der Waals surface area contributed by atoms with E-state index in [1.165, 1.54) is 0 Å². The fourth-order valence-electron chi connectivity index (χ4n) is 1.58. The molecular weight excluding hydrogens is 216 g/mol. The number of sulfonamides is 1. The Labute approximate surface area is 91.8 Å². The van der Waals surface area contributed by atoms with E-state index in [9.17, 15) is 8.42 Å². The number of ether oxygens (including phenoxy) is 1. The van der Waals surface area contributed by atoms with Crippen molar-refractivity contribution in [2.45, 2.75) is 19.9 Å². The molecule has 0 bridgehead atoms. The molecule has 1 N–H and O–H groups in total. The van der Waals surface area contributed by atoms with Gasteiger partial charge < -0.3 is 10.1 Å². The number of nitrogens with one attached hydrogen (secondary N) is 1. The molecule has 1 heterocycles. The summed E-state index contributed by atoms with van der Waals surface area (Å²) >= 11 is 0. The van der Waals surface area contributed by atoms with Gasteiger partial charge in [0.05, 0.1) is 12.4 Å². The van der Waals surface area contributed by atoms with Crippen LogP contribution in [0.25, 0.3) is 0 Å². The molecular formula is C9H20N2O3S. The normalized spacial score (nSPS) is 18.1. The molecule has 0 aromatic carbocycles. The smallest absolute Gasteiger partial charge is 0.216 e. The minimum Gasteiger partial charge on any atom is -0.381 e. The highest BCUT2D eigenvalue weighted by molar-refractivity contribution is 7.89. The van der Waals surface area contributed by atoms with Crippen LogP contribution in [0.1, 0.15) is 13.8 Å². The Kier molecular flexibility index (Phi) is 4.98. The third-order valence-corrected chi connectivity index (χ3v) is 4.48. The molecule has 90 valence electrons. The van der Waals surface area contributed by atoms with Crippen molar-refractivity contribution in [2.75, 3.05) is 38.6 Å². The lowest BCUT2D eigenvalue weighted by molar-refractivity contribution is 0.161. The highest BCUT2D eigenvalue weighted by atomic mass is 32.2. The zero-order chi connectivity index (χ0) is 11.3. The van der Waals surface area contributed by atoms with Gasteiger partial charge in [-0.3, -0.25) is 0 Å². The van der Waals surface area contributed by atoms with Crippen molar-refractivity contribution in [3.63, 3.8) is 0 Å². The number of nitrogens with zero attached hydrogens (tertiary/aromatic N) is 1. The van der Waals surface area contributed by atoms with Crippen molar-refractivity contribution in [1.82, 2.24) is 9.62 Å².